The first-order valence-corrected chi connectivity index (χ1v) is 6.25. The monoisotopic (exact) mass is 242 g/mol. The van der Waals surface area contributed by atoms with Crippen molar-refractivity contribution in [2.24, 2.45) is 0 Å². The second-order valence-electron chi connectivity index (χ2n) is 4.66. The Morgan fingerprint density at radius 1 is 1.28 bits per heavy atom. The summed E-state index contributed by atoms with van der Waals surface area (Å²) >= 11 is 0. The molecule has 1 aromatic heterocycles. The van der Waals surface area contributed by atoms with Crippen LogP contribution in [0.3, 0.4) is 0 Å². The maximum atomic E-state index is 13.2. The summed E-state index contributed by atoms with van der Waals surface area (Å²) in [6.07, 6.45) is 5.72. The van der Waals surface area contributed by atoms with Crippen molar-refractivity contribution in [1.82, 2.24) is 4.98 Å². The second-order valence-corrected chi connectivity index (χ2v) is 4.66. The average molecular weight is 242 g/mol. The van der Waals surface area contributed by atoms with Gasteiger partial charge in [0, 0.05) is 31.2 Å². The van der Waals surface area contributed by atoms with Crippen LogP contribution in [0.4, 0.5) is 10.1 Å². The zero-order chi connectivity index (χ0) is 12.4. The first-order chi connectivity index (χ1) is 8.83. The van der Waals surface area contributed by atoms with Crippen LogP contribution in [0.2, 0.25) is 0 Å². The van der Waals surface area contributed by atoms with Gasteiger partial charge in [-0.2, -0.15) is 0 Å². The quantitative estimate of drug-likeness (QED) is 0.804. The van der Waals surface area contributed by atoms with E-state index in [0.717, 1.165) is 37.2 Å². The van der Waals surface area contributed by atoms with Crippen LogP contribution in [0, 0.1) is 5.82 Å². The summed E-state index contributed by atoms with van der Waals surface area (Å²) in [5, 5.41) is 0. The molecule has 0 atom stereocenters. The molecule has 0 radical (unpaired) electrons. The molecule has 1 aliphatic rings. The number of halogens is 1. The summed E-state index contributed by atoms with van der Waals surface area (Å²) < 4.78 is 13.2. The van der Waals surface area contributed by atoms with Crippen LogP contribution < -0.4 is 4.90 Å². The van der Waals surface area contributed by atoms with E-state index in [2.05, 4.69) is 16.0 Å². The van der Waals surface area contributed by atoms with Crippen LogP contribution in [0.15, 0.2) is 42.7 Å². The van der Waals surface area contributed by atoms with Crippen molar-refractivity contribution in [2.45, 2.75) is 19.4 Å². The van der Waals surface area contributed by atoms with E-state index in [9.17, 15) is 4.39 Å². The molecule has 3 rings (SSSR count). The lowest BCUT2D eigenvalue weighted by Gasteiger charge is -2.31. The zero-order valence-corrected chi connectivity index (χ0v) is 10.1. The highest BCUT2D eigenvalue weighted by molar-refractivity contribution is 5.55. The van der Waals surface area contributed by atoms with Crippen molar-refractivity contribution in [1.29, 1.82) is 0 Å². The fourth-order valence-corrected chi connectivity index (χ4v) is 2.52. The van der Waals surface area contributed by atoms with Crippen LogP contribution in [0.25, 0.3) is 0 Å². The molecule has 18 heavy (non-hydrogen) atoms. The molecule has 2 aromatic rings. The molecule has 1 aliphatic heterocycles. The number of nitrogens with zero attached hydrogens (tertiary/aromatic N) is 2. The van der Waals surface area contributed by atoms with Gasteiger partial charge in [-0.05, 0) is 48.2 Å². The predicted octanol–water partition coefficient (Wildman–Crippen LogP) is 3.17. The van der Waals surface area contributed by atoms with E-state index in [1.165, 1.54) is 5.56 Å². The Morgan fingerprint density at radius 2 is 2.22 bits per heavy atom. The first kappa shape index (κ1) is 11.2. The molecular formula is C15H15FN2. The van der Waals surface area contributed by atoms with E-state index >= 15 is 0 Å². The molecule has 0 fully saturated rings. The maximum Gasteiger partial charge on any atom is 0.123 e. The van der Waals surface area contributed by atoms with E-state index in [1.54, 1.807) is 18.3 Å². The molecule has 0 aliphatic carbocycles. The molecule has 1 aromatic carbocycles. The molecule has 0 bridgehead atoms. The third-order valence-corrected chi connectivity index (χ3v) is 3.35. The Balaban J connectivity index is 1.87. The van der Waals surface area contributed by atoms with Gasteiger partial charge in [-0.3, -0.25) is 4.98 Å². The van der Waals surface area contributed by atoms with Gasteiger partial charge < -0.3 is 4.90 Å². The third kappa shape index (κ3) is 2.21. The number of aromatic nitrogens is 1. The number of hydrogen-bond acceptors (Lipinski definition) is 2. The SMILES string of the molecule is Fc1ccc2c(c1)CCCN2Cc1cccnc1. The van der Waals surface area contributed by atoms with E-state index in [4.69, 9.17) is 0 Å². The summed E-state index contributed by atoms with van der Waals surface area (Å²) in [4.78, 5) is 6.43. The zero-order valence-electron chi connectivity index (χ0n) is 10.1. The van der Waals surface area contributed by atoms with Gasteiger partial charge in [0.05, 0.1) is 0 Å². The van der Waals surface area contributed by atoms with Crippen molar-refractivity contribution < 1.29 is 4.39 Å². The Bertz CT molecular complexity index is 539. The minimum absolute atomic E-state index is 0.142. The van der Waals surface area contributed by atoms with Gasteiger partial charge >= 0.3 is 0 Å². The number of fused-ring (bicyclic) bond motifs is 1. The highest BCUT2D eigenvalue weighted by Crippen LogP contribution is 2.28. The van der Waals surface area contributed by atoms with Crippen LogP contribution in [-0.2, 0) is 13.0 Å². The molecule has 0 N–H and O–H groups in total. The van der Waals surface area contributed by atoms with Gasteiger partial charge in [-0.15, -0.1) is 0 Å². The molecule has 3 heteroatoms. The third-order valence-electron chi connectivity index (χ3n) is 3.35. The topological polar surface area (TPSA) is 16.1 Å². The number of aryl methyl sites for hydroxylation is 1. The fourth-order valence-electron chi connectivity index (χ4n) is 2.52. The van der Waals surface area contributed by atoms with Gasteiger partial charge in [0.1, 0.15) is 5.82 Å². The number of rotatable bonds is 2. The molecule has 2 nitrogen and oxygen atoms in total. The molecule has 0 spiro atoms. The van der Waals surface area contributed by atoms with Crippen molar-refractivity contribution in [2.75, 3.05) is 11.4 Å². The summed E-state index contributed by atoms with van der Waals surface area (Å²) in [6, 6.07) is 9.11. The Kier molecular flexibility index (Phi) is 2.97. The lowest BCUT2D eigenvalue weighted by atomic mass is 10.0. The minimum Gasteiger partial charge on any atom is -0.367 e. The van der Waals surface area contributed by atoms with E-state index in [-0.39, 0.29) is 5.82 Å². The number of benzene rings is 1. The first-order valence-electron chi connectivity index (χ1n) is 6.25. The van der Waals surface area contributed by atoms with Crippen LogP contribution in [0.1, 0.15) is 17.5 Å². The van der Waals surface area contributed by atoms with Gasteiger partial charge in [-0.25, -0.2) is 4.39 Å². The Labute approximate surface area is 106 Å². The summed E-state index contributed by atoms with van der Waals surface area (Å²) in [5.41, 5.74) is 3.46. The standard InChI is InChI=1S/C15H15FN2/c16-14-5-6-15-13(9-14)4-2-8-18(15)11-12-3-1-7-17-10-12/h1,3,5-7,9-10H,2,4,8,11H2. The number of hydrogen-bond donors (Lipinski definition) is 0. The van der Waals surface area contributed by atoms with Gasteiger partial charge in [0.25, 0.3) is 0 Å². The number of anilines is 1. The molecule has 0 unspecified atom stereocenters. The molecule has 92 valence electrons. The van der Waals surface area contributed by atoms with Crippen molar-refractivity contribution in [3.8, 4) is 0 Å². The van der Waals surface area contributed by atoms with Crippen molar-refractivity contribution in [3.05, 3.63) is 59.7 Å². The molecule has 0 saturated heterocycles. The van der Waals surface area contributed by atoms with Crippen molar-refractivity contribution >= 4 is 5.69 Å². The van der Waals surface area contributed by atoms with Gasteiger partial charge in [0.2, 0.25) is 0 Å². The predicted molar refractivity (Wildman–Crippen MR) is 70.0 cm³/mol. The largest absolute Gasteiger partial charge is 0.367 e. The summed E-state index contributed by atoms with van der Waals surface area (Å²) in [6.45, 7) is 1.86. The van der Waals surface area contributed by atoms with Gasteiger partial charge in [-0.1, -0.05) is 6.07 Å². The molecular weight excluding hydrogens is 227 g/mol. The van der Waals surface area contributed by atoms with Crippen molar-refractivity contribution in [3.63, 3.8) is 0 Å². The molecule has 0 saturated carbocycles. The highest BCUT2D eigenvalue weighted by atomic mass is 19.1. The van der Waals surface area contributed by atoms with E-state index < -0.39 is 0 Å². The van der Waals surface area contributed by atoms with Gasteiger partial charge in [0.15, 0.2) is 0 Å². The average Bonchev–Trinajstić information content (AvgIpc) is 2.40. The summed E-state index contributed by atoms with van der Waals surface area (Å²) in [7, 11) is 0. The fraction of sp³-hybridized carbons (Fsp3) is 0.267. The smallest absolute Gasteiger partial charge is 0.123 e. The van der Waals surface area contributed by atoms with E-state index in [1.807, 2.05) is 18.3 Å². The minimum atomic E-state index is -0.142. The Hall–Kier alpha value is -1.90. The lowest BCUT2D eigenvalue weighted by molar-refractivity contribution is 0.618. The van der Waals surface area contributed by atoms with Crippen LogP contribution in [-0.4, -0.2) is 11.5 Å². The summed E-state index contributed by atoms with van der Waals surface area (Å²) in [5.74, 6) is -0.142. The normalized spacial score (nSPS) is 14.4. The maximum absolute atomic E-state index is 13.2. The second kappa shape index (κ2) is 4.77. The molecule has 2 heterocycles. The molecule has 0 amide bonds. The lowest BCUT2D eigenvalue weighted by Crippen LogP contribution is -2.28. The van der Waals surface area contributed by atoms with Crippen LogP contribution >= 0.6 is 0 Å². The highest BCUT2D eigenvalue weighted by Gasteiger charge is 2.17. The van der Waals surface area contributed by atoms with E-state index in [0.29, 0.717) is 0 Å². The number of pyridine rings is 1. The Morgan fingerprint density at radius 3 is 3.06 bits per heavy atom. The van der Waals surface area contributed by atoms with Crippen LogP contribution in [0.5, 0.6) is 0 Å².